The first-order chi connectivity index (χ1) is 14.0. The lowest BCUT2D eigenvalue weighted by Gasteiger charge is -2.23. The van der Waals surface area contributed by atoms with Crippen molar-refractivity contribution in [3.8, 4) is 39.9 Å². The SMILES string of the molecule is COc1cc([C@@H]2OC(=O)C(C)=C2C)c(-c2ccc3c(c2)OCO3)c(OC)c1OC. The van der Waals surface area contributed by atoms with Crippen LogP contribution in [0.5, 0.6) is 28.7 Å². The number of carbonyl (C=O) groups is 1. The summed E-state index contributed by atoms with van der Waals surface area (Å²) < 4.78 is 33.5. The summed E-state index contributed by atoms with van der Waals surface area (Å²) in [7, 11) is 4.66. The lowest BCUT2D eigenvalue weighted by atomic mass is 9.90. The van der Waals surface area contributed by atoms with Crippen molar-refractivity contribution in [3.63, 3.8) is 0 Å². The van der Waals surface area contributed by atoms with Crippen molar-refractivity contribution in [2.75, 3.05) is 28.1 Å². The van der Waals surface area contributed by atoms with E-state index in [2.05, 4.69) is 0 Å². The van der Waals surface area contributed by atoms with Gasteiger partial charge in [0.15, 0.2) is 23.0 Å². The van der Waals surface area contributed by atoms with Crippen LogP contribution in [0.1, 0.15) is 25.5 Å². The van der Waals surface area contributed by atoms with Gasteiger partial charge in [-0.15, -0.1) is 0 Å². The lowest BCUT2D eigenvalue weighted by Crippen LogP contribution is -2.07. The molecule has 0 fully saturated rings. The zero-order valence-electron chi connectivity index (χ0n) is 17.0. The van der Waals surface area contributed by atoms with Crippen molar-refractivity contribution >= 4 is 5.97 Å². The Bertz CT molecular complexity index is 1020. The molecule has 0 unspecified atom stereocenters. The molecule has 2 aliphatic rings. The molecule has 0 saturated carbocycles. The summed E-state index contributed by atoms with van der Waals surface area (Å²) in [6.45, 7) is 3.82. The number of hydrogen-bond donors (Lipinski definition) is 0. The molecule has 2 aliphatic heterocycles. The molecule has 2 aromatic rings. The Morgan fingerprint density at radius 1 is 0.931 bits per heavy atom. The highest BCUT2D eigenvalue weighted by Gasteiger charge is 2.35. The largest absolute Gasteiger partial charge is 0.493 e. The molecule has 0 aromatic heterocycles. The minimum atomic E-state index is -0.559. The second-order valence-electron chi connectivity index (χ2n) is 6.77. The highest BCUT2D eigenvalue weighted by Crippen LogP contribution is 2.52. The summed E-state index contributed by atoms with van der Waals surface area (Å²) in [5.74, 6) is 2.39. The molecule has 1 atom stereocenters. The van der Waals surface area contributed by atoms with Crippen LogP contribution in [0, 0.1) is 0 Å². The fourth-order valence-electron chi connectivity index (χ4n) is 3.67. The molecular formula is C22H22O7. The van der Waals surface area contributed by atoms with E-state index in [-0.39, 0.29) is 12.8 Å². The first-order valence-electron chi connectivity index (χ1n) is 9.11. The number of esters is 1. The first kappa shape index (κ1) is 19.0. The molecule has 152 valence electrons. The van der Waals surface area contributed by atoms with Crippen LogP contribution in [0.3, 0.4) is 0 Å². The molecule has 2 aromatic carbocycles. The molecule has 0 spiro atoms. The Labute approximate surface area is 168 Å². The van der Waals surface area contributed by atoms with Gasteiger partial charge in [-0.05, 0) is 43.2 Å². The third-order valence-electron chi connectivity index (χ3n) is 5.32. The van der Waals surface area contributed by atoms with Crippen molar-refractivity contribution in [3.05, 3.63) is 41.0 Å². The van der Waals surface area contributed by atoms with E-state index in [9.17, 15) is 4.79 Å². The Balaban J connectivity index is 2.00. The molecule has 4 rings (SSSR count). The summed E-state index contributed by atoms with van der Waals surface area (Å²) >= 11 is 0. The number of carbonyl (C=O) groups excluding carboxylic acids is 1. The van der Waals surface area contributed by atoms with Crippen LogP contribution in [0.2, 0.25) is 0 Å². The number of methoxy groups -OCH3 is 3. The number of cyclic esters (lactones) is 1. The summed E-state index contributed by atoms with van der Waals surface area (Å²) in [5, 5.41) is 0. The van der Waals surface area contributed by atoms with E-state index in [0.29, 0.717) is 34.3 Å². The molecule has 0 N–H and O–H groups in total. The smallest absolute Gasteiger partial charge is 0.334 e. The van der Waals surface area contributed by atoms with Crippen molar-refractivity contribution in [2.45, 2.75) is 20.0 Å². The minimum absolute atomic E-state index is 0.177. The van der Waals surface area contributed by atoms with Gasteiger partial charge in [0, 0.05) is 16.7 Å². The van der Waals surface area contributed by atoms with Crippen LogP contribution in [0.25, 0.3) is 11.1 Å². The van der Waals surface area contributed by atoms with Crippen LogP contribution < -0.4 is 23.7 Å². The maximum Gasteiger partial charge on any atom is 0.334 e. The summed E-state index contributed by atoms with van der Waals surface area (Å²) in [5.41, 5.74) is 3.72. The molecule has 2 heterocycles. The standard InChI is InChI=1S/C22H22O7/c1-11-12(2)22(23)29-19(11)14-9-17(24-3)20(25-4)21(26-5)18(14)13-6-7-15-16(8-13)28-10-27-15/h6-9,19H,10H2,1-5H3/t19-/m1/s1. The Kier molecular flexibility index (Phi) is 4.74. The minimum Gasteiger partial charge on any atom is -0.493 e. The summed E-state index contributed by atoms with van der Waals surface area (Å²) in [6.07, 6.45) is -0.559. The second kappa shape index (κ2) is 7.24. The summed E-state index contributed by atoms with van der Waals surface area (Å²) in [4.78, 5) is 12.2. The van der Waals surface area contributed by atoms with Gasteiger partial charge < -0.3 is 28.4 Å². The van der Waals surface area contributed by atoms with Crippen molar-refractivity contribution in [1.29, 1.82) is 0 Å². The van der Waals surface area contributed by atoms with Crippen molar-refractivity contribution in [1.82, 2.24) is 0 Å². The zero-order chi connectivity index (χ0) is 20.7. The quantitative estimate of drug-likeness (QED) is 0.704. The van der Waals surface area contributed by atoms with Gasteiger partial charge in [0.25, 0.3) is 0 Å². The van der Waals surface area contributed by atoms with Gasteiger partial charge in [0.1, 0.15) is 6.10 Å². The van der Waals surface area contributed by atoms with E-state index < -0.39 is 6.10 Å². The predicted molar refractivity (Wildman–Crippen MR) is 105 cm³/mol. The second-order valence-corrected chi connectivity index (χ2v) is 6.77. The normalized spacial score (nSPS) is 17.4. The Morgan fingerprint density at radius 3 is 2.28 bits per heavy atom. The van der Waals surface area contributed by atoms with Gasteiger partial charge >= 0.3 is 5.97 Å². The molecule has 7 heteroatoms. The molecule has 7 nitrogen and oxygen atoms in total. The van der Waals surface area contributed by atoms with E-state index in [0.717, 1.165) is 22.3 Å². The van der Waals surface area contributed by atoms with E-state index in [1.165, 1.54) is 0 Å². The van der Waals surface area contributed by atoms with E-state index >= 15 is 0 Å². The average molecular weight is 398 g/mol. The van der Waals surface area contributed by atoms with E-state index in [1.54, 1.807) is 28.3 Å². The molecule has 0 radical (unpaired) electrons. The van der Waals surface area contributed by atoms with Gasteiger partial charge in [-0.2, -0.15) is 0 Å². The van der Waals surface area contributed by atoms with Crippen molar-refractivity contribution < 1.29 is 33.2 Å². The molecule has 0 aliphatic carbocycles. The Morgan fingerprint density at radius 2 is 1.66 bits per heavy atom. The van der Waals surface area contributed by atoms with Crippen LogP contribution in [-0.4, -0.2) is 34.1 Å². The van der Waals surface area contributed by atoms with Gasteiger partial charge in [-0.1, -0.05) is 6.07 Å². The van der Waals surface area contributed by atoms with E-state index in [4.69, 9.17) is 28.4 Å². The van der Waals surface area contributed by atoms with Gasteiger partial charge in [0.05, 0.1) is 21.3 Å². The van der Waals surface area contributed by atoms with Crippen LogP contribution in [0.15, 0.2) is 35.4 Å². The van der Waals surface area contributed by atoms with Crippen LogP contribution in [-0.2, 0) is 9.53 Å². The topological polar surface area (TPSA) is 72.5 Å². The monoisotopic (exact) mass is 398 g/mol. The highest BCUT2D eigenvalue weighted by atomic mass is 16.7. The van der Waals surface area contributed by atoms with Gasteiger partial charge in [-0.25, -0.2) is 4.79 Å². The third kappa shape index (κ3) is 2.93. The molecule has 0 amide bonds. The first-order valence-corrected chi connectivity index (χ1v) is 9.11. The number of benzene rings is 2. The molecule has 0 saturated heterocycles. The fraction of sp³-hybridized carbons (Fsp3) is 0.318. The highest BCUT2D eigenvalue weighted by molar-refractivity contribution is 5.92. The number of ether oxygens (including phenoxy) is 6. The third-order valence-corrected chi connectivity index (χ3v) is 5.32. The maximum atomic E-state index is 12.2. The average Bonchev–Trinajstić information content (AvgIpc) is 3.31. The predicted octanol–water partition coefficient (Wildman–Crippen LogP) is 4.04. The van der Waals surface area contributed by atoms with E-state index in [1.807, 2.05) is 31.2 Å². The maximum absolute atomic E-state index is 12.2. The van der Waals surface area contributed by atoms with Crippen molar-refractivity contribution in [2.24, 2.45) is 0 Å². The molecule has 29 heavy (non-hydrogen) atoms. The molecular weight excluding hydrogens is 376 g/mol. The number of fused-ring (bicyclic) bond motifs is 1. The lowest BCUT2D eigenvalue weighted by molar-refractivity contribution is -0.139. The van der Waals surface area contributed by atoms with Gasteiger partial charge in [0.2, 0.25) is 12.5 Å². The number of rotatable bonds is 5. The summed E-state index contributed by atoms with van der Waals surface area (Å²) in [6, 6.07) is 7.44. The molecule has 0 bridgehead atoms. The van der Waals surface area contributed by atoms with Crippen LogP contribution >= 0.6 is 0 Å². The Hall–Kier alpha value is -3.35. The van der Waals surface area contributed by atoms with Crippen LogP contribution in [0.4, 0.5) is 0 Å². The zero-order valence-corrected chi connectivity index (χ0v) is 17.0. The van der Waals surface area contributed by atoms with Gasteiger partial charge in [-0.3, -0.25) is 0 Å². The number of hydrogen-bond acceptors (Lipinski definition) is 7. The fourth-order valence-corrected chi connectivity index (χ4v) is 3.67.